The van der Waals surface area contributed by atoms with E-state index in [1.807, 2.05) is 36.4 Å². The molecule has 1 N–H and O–H groups in total. The van der Waals surface area contributed by atoms with Crippen LogP contribution in [-0.2, 0) is 11.3 Å². The zero-order chi connectivity index (χ0) is 18.6. The second-order valence-corrected chi connectivity index (χ2v) is 6.38. The Hall–Kier alpha value is -3.48. The van der Waals surface area contributed by atoms with Crippen LogP contribution in [0.25, 0.3) is 5.69 Å². The number of hydrogen-bond acceptors (Lipinski definition) is 4. The van der Waals surface area contributed by atoms with Gasteiger partial charge in [0.2, 0.25) is 5.91 Å². The van der Waals surface area contributed by atoms with Crippen LogP contribution < -0.4 is 10.2 Å². The molecule has 27 heavy (non-hydrogen) atoms. The molecule has 1 aliphatic rings. The van der Waals surface area contributed by atoms with E-state index in [0.717, 1.165) is 29.9 Å². The highest BCUT2D eigenvalue weighted by Gasteiger charge is 2.21. The number of rotatable bonds is 5. The van der Waals surface area contributed by atoms with Crippen molar-refractivity contribution in [1.29, 1.82) is 0 Å². The van der Waals surface area contributed by atoms with Gasteiger partial charge >= 0.3 is 0 Å². The highest BCUT2D eigenvalue weighted by molar-refractivity contribution is 5.95. The Morgan fingerprint density at radius 2 is 1.78 bits per heavy atom. The van der Waals surface area contributed by atoms with Crippen molar-refractivity contribution in [3.05, 3.63) is 72.3 Å². The number of anilines is 1. The Balaban J connectivity index is 1.35. The summed E-state index contributed by atoms with van der Waals surface area (Å²) in [5.41, 5.74) is 3.32. The highest BCUT2D eigenvalue weighted by atomic mass is 16.2. The van der Waals surface area contributed by atoms with Gasteiger partial charge in [-0.1, -0.05) is 12.1 Å². The Morgan fingerprint density at radius 3 is 2.41 bits per heavy atom. The fraction of sp³-hybridized carbons (Fsp3) is 0.200. The lowest BCUT2D eigenvalue weighted by Crippen LogP contribution is -2.24. The predicted octanol–water partition coefficient (Wildman–Crippen LogP) is 2.32. The summed E-state index contributed by atoms with van der Waals surface area (Å²) in [7, 11) is 0. The molecule has 136 valence electrons. The summed E-state index contributed by atoms with van der Waals surface area (Å²) in [6, 6.07) is 14.9. The first-order valence-corrected chi connectivity index (χ1v) is 8.83. The molecule has 4 rings (SSSR count). The third-order valence-electron chi connectivity index (χ3n) is 4.59. The zero-order valence-corrected chi connectivity index (χ0v) is 14.7. The summed E-state index contributed by atoms with van der Waals surface area (Å²) in [4.78, 5) is 29.8. The fourth-order valence-electron chi connectivity index (χ4n) is 3.11. The van der Waals surface area contributed by atoms with Crippen LogP contribution in [0.15, 0.2) is 61.2 Å². The van der Waals surface area contributed by atoms with Crippen LogP contribution in [0.1, 0.15) is 28.8 Å². The SMILES string of the molecule is O=C(NCc1ccc(N2CCCC2=O)cc1)c1ccc(-n2cncn2)cc1. The van der Waals surface area contributed by atoms with Crippen molar-refractivity contribution in [3.63, 3.8) is 0 Å². The number of amides is 2. The van der Waals surface area contributed by atoms with E-state index in [1.165, 1.54) is 6.33 Å². The molecule has 7 nitrogen and oxygen atoms in total. The number of aromatic nitrogens is 3. The van der Waals surface area contributed by atoms with Gasteiger partial charge in [0.05, 0.1) is 5.69 Å². The molecule has 2 heterocycles. The summed E-state index contributed by atoms with van der Waals surface area (Å²) in [5.74, 6) is 0.0318. The quantitative estimate of drug-likeness (QED) is 0.756. The van der Waals surface area contributed by atoms with Crippen molar-refractivity contribution < 1.29 is 9.59 Å². The average Bonchev–Trinajstić information content (AvgIpc) is 3.39. The maximum Gasteiger partial charge on any atom is 0.251 e. The molecule has 0 unspecified atom stereocenters. The molecule has 0 bridgehead atoms. The first kappa shape index (κ1) is 17.0. The number of nitrogens with one attached hydrogen (secondary N) is 1. The fourth-order valence-corrected chi connectivity index (χ4v) is 3.11. The smallest absolute Gasteiger partial charge is 0.251 e. The second-order valence-electron chi connectivity index (χ2n) is 6.38. The number of benzene rings is 2. The van der Waals surface area contributed by atoms with Gasteiger partial charge in [0.25, 0.3) is 5.91 Å². The first-order chi connectivity index (χ1) is 13.2. The molecule has 0 radical (unpaired) electrons. The molecule has 1 saturated heterocycles. The molecule has 3 aromatic rings. The third-order valence-corrected chi connectivity index (χ3v) is 4.59. The van der Waals surface area contributed by atoms with Crippen LogP contribution in [0.5, 0.6) is 0 Å². The highest BCUT2D eigenvalue weighted by Crippen LogP contribution is 2.21. The van der Waals surface area contributed by atoms with E-state index in [2.05, 4.69) is 15.4 Å². The molecule has 7 heteroatoms. The topological polar surface area (TPSA) is 80.1 Å². The Morgan fingerprint density at radius 1 is 1.04 bits per heavy atom. The lowest BCUT2D eigenvalue weighted by Gasteiger charge is -2.16. The molecular weight excluding hydrogens is 342 g/mol. The molecule has 1 fully saturated rings. The summed E-state index contributed by atoms with van der Waals surface area (Å²) < 4.78 is 1.63. The van der Waals surface area contributed by atoms with Crippen molar-refractivity contribution in [1.82, 2.24) is 20.1 Å². The molecule has 0 aliphatic carbocycles. The molecule has 2 amide bonds. The minimum absolute atomic E-state index is 0.140. The molecular formula is C20H19N5O2. The van der Waals surface area contributed by atoms with Crippen molar-refractivity contribution in [3.8, 4) is 5.69 Å². The standard InChI is InChI=1S/C20H19N5O2/c26-19-2-1-11-24(19)17-7-3-15(4-8-17)12-22-20(27)16-5-9-18(10-6-16)25-14-21-13-23-25/h3-10,13-14H,1-2,11-12H2,(H,22,27). The van der Waals surface area contributed by atoms with Crippen LogP contribution in [0.3, 0.4) is 0 Å². The largest absolute Gasteiger partial charge is 0.348 e. The van der Waals surface area contributed by atoms with Crippen LogP contribution >= 0.6 is 0 Å². The van der Waals surface area contributed by atoms with Crippen LogP contribution in [0.4, 0.5) is 5.69 Å². The van der Waals surface area contributed by atoms with E-state index in [4.69, 9.17) is 0 Å². The number of carbonyl (C=O) groups excluding carboxylic acids is 2. The molecule has 1 aliphatic heterocycles. The van der Waals surface area contributed by atoms with Crippen molar-refractivity contribution in [2.75, 3.05) is 11.4 Å². The van der Waals surface area contributed by atoms with E-state index in [1.54, 1.807) is 28.0 Å². The van der Waals surface area contributed by atoms with Gasteiger partial charge in [-0.05, 0) is 48.4 Å². The zero-order valence-electron chi connectivity index (χ0n) is 14.7. The Labute approximate surface area is 156 Å². The van der Waals surface area contributed by atoms with Crippen molar-refractivity contribution >= 4 is 17.5 Å². The van der Waals surface area contributed by atoms with Gasteiger partial charge in [0.1, 0.15) is 12.7 Å². The van der Waals surface area contributed by atoms with Crippen LogP contribution in [-0.4, -0.2) is 33.1 Å². The van der Waals surface area contributed by atoms with Gasteiger partial charge in [-0.15, -0.1) is 0 Å². The van der Waals surface area contributed by atoms with Gasteiger partial charge < -0.3 is 10.2 Å². The lowest BCUT2D eigenvalue weighted by molar-refractivity contribution is -0.117. The van der Waals surface area contributed by atoms with Gasteiger partial charge in [-0.25, -0.2) is 9.67 Å². The molecule has 1 aromatic heterocycles. The number of nitrogens with zero attached hydrogens (tertiary/aromatic N) is 4. The maximum absolute atomic E-state index is 12.3. The predicted molar refractivity (Wildman–Crippen MR) is 101 cm³/mol. The second kappa shape index (κ2) is 7.41. The van der Waals surface area contributed by atoms with E-state index in [9.17, 15) is 9.59 Å². The number of carbonyl (C=O) groups is 2. The maximum atomic E-state index is 12.3. The Kier molecular flexibility index (Phi) is 4.65. The molecule has 2 aromatic carbocycles. The number of hydrogen-bond donors (Lipinski definition) is 1. The summed E-state index contributed by atoms with van der Waals surface area (Å²) >= 11 is 0. The summed E-state index contributed by atoms with van der Waals surface area (Å²) in [6.45, 7) is 1.21. The van der Waals surface area contributed by atoms with E-state index in [0.29, 0.717) is 18.5 Å². The molecule has 0 atom stereocenters. The van der Waals surface area contributed by atoms with Crippen LogP contribution in [0.2, 0.25) is 0 Å². The van der Waals surface area contributed by atoms with Gasteiger partial charge in [-0.3, -0.25) is 9.59 Å². The lowest BCUT2D eigenvalue weighted by atomic mass is 10.1. The molecule has 0 saturated carbocycles. The first-order valence-electron chi connectivity index (χ1n) is 8.83. The van der Waals surface area contributed by atoms with E-state index in [-0.39, 0.29) is 11.8 Å². The summed E-state index contributed by atoms with van der Waals surface area (Å²) in [6.07, 6.45) is 4.60. The monoisotopic (exact) mass is 361 g/mol. The average molecular weight is 361 g/mol. The minimum atomic E-state index is -0.140. The molecule has 0 spiro atoms. The minimum Gasteiger partial charge on any atom is -0.348 e. The van der Waals surface area contributed by atoms with Gasteiger partial charge in [-0.2, -0.15) is 5.10 Å². The normalized spacial score (nSPS) is 13.8. The van der Waals surface area contributed by atoms with Crippen molar-refractivity contribution in [2.24, 2.45) is 0 Å². The van der Waals surface area contributed by atoms with E-state index >= 15 is 0 Å². The Bertz CT molecular complexity index is 934. The van der Waals surface area contributed by atoms with E-state index < -0.39 is 0 Å². The van der Waals surface area contributed by atoms with Crippen molar-refractivity contribution in [2.45, 2.75) is 19.4 Å². The third kappa shape index (κ3) is 3.72. The summed E-state index contributed by atoms with van der Waals surface area (Å²) in [5, 5.41) is 6.97. The van der Waals surface area contributed by atoms with Gasteiger partial charge in [0.15, 0.2) is 0 Å². The van der Waals surface area contributed by atoms with Gasteiger partial charge in [0, 0.05) is 30.8 Å². The van der Waals surface area contributed by atoms with Crippen LogP contribution in [0, 0.1) is 0 Å².